The predicted molar refractivity (Wildman–Crippen MR) is 85.1 cm³/mol. The van der Waals surface area contributed by atoms with Crippen molar-refractivity contribution in [3.63, 3.8) is 0 Å². The van der Waals surface area contributed by atoms with E-state index in [-0.39, 0.29) is 17.1 Å². The zero-order valence-corrected chi connectivity index (χ0v) is 13.2. The summed E-state index contributed by atoms with van der Waals surface area (Å²) < 4.78 is 0. The molecule has 2 atom stereocenters. The summed E-state index contributed by atoms with van der Waals surface area (Å²) in [5.74, 6) is 1.35. The minimum atomic E-state index is 0.143. The van der Waals surface area contributed by atoms with Crippen molar-refractivity contribution in [2.45, 2.75) is 38.6 Å². The van der Waals surface area contributed by atoms with E-state index in [0.717, 1.165) is 31.6 Å². The van der Waals surface area contributed by atoms with Crippen molar-refractivity contribution in [3.05, 3.63) is 35.4 Å². The molecule has 0 spiro atoms. The normalized spacial score (nSPS) is 25.0. The van der Waals surface area contributed by atoms with Crippen LogP contribution in [0.25, 0.3) is 0 Å². The molecule has 0 N–H and O–H groups in total. The highest BCUT2D eigenvalue weighted by atomic mass is 32.2. The standard InChI is InChI=1S/C17H21NO2S/c1-12(19)21-11-13-9-17(20)18(10-13)16-8-4-6-14-5-2-3-7-15(14)16/h2-3,5,7,13,16H,4,6,8-11H2,1H3/t13?,16-/m0/s1. The van der Waals surface area contributed by atoms with Gasteiger partial charge in [0.25, 0.3) is 0 Å². The van der Waals surface area contributed by atoms with E-state index in [1.54, 1.807) is 6.92 Å². The van der Waals surface area contributed by atoms with Crippen molar-refractivity contribution in [2.75, 3.05) is 12.3 Å². The van der Waals surface area contributed by atoms with E-state index in [4.69, 9.17) is 0 Å². The van der Waals surface area contributed by atoms with E-state index in [2.05, 4.69) is 29.2 Å². The molecule has 1 aromatic carbocycles. The minimum absolute atomic E-state index is 0.143. The zero-order chi connectivity index (χ0) is 14.8. The summed E-state index contributed by atoms with van der Waals surface area (Å²) in [6, 6.07) is 8.75. The summed E-state index contributed by atoms with van der Waals surface area (Å²) in [4.78, 5) is 25.5. The van der Waals surface area contributed by atoms with Crippen molar-refractivity contribution in [2.24, 2.45) is 5.92 Å². The second-order valence-corrected chi connectivity index (χ2v) is 7.22. The van der Waals surface area contributed by atoms with Gasteiger partial charge in [0, 0.05) is 25.6 Å². The quantitative estimate of drug-likeness (QED) is 0.860. The molecular formula is C17H21NO2S. The molecule has 3 rings (SSSR count). The van der Waals surface area contributed by atoms with Gasteiger partial charge >= 0.3 is 0 Å². The Balaban J connectivity index is 1.73. The number of hydrogen-bond acceptors (Lipinski definition) is 3. The topological polar surface area (TPSA) is 37.4 Å². The lowest BCUT2D eigenvalue weighted by atomic mass is 9.87. The Morgan fingerprint density at radius 2 is 2.19 bits per heavy atom. The molecule has 1 fully saturated rings. The number of thioether (sulfide) groups is 1. The first-order valence-corrected chi connectivity index (χ1v) is 8.64. The van der Waals surface area contributed by atoms with Gasteiger partial charge in [-0.25, -0.2) is 0 Å². The van der Waals surface area contributed by atoms with E-state index in [1.807, 2.05) is 0 Å². The molecule has 112 valence electrons. The van der Waals surface area contributed by atoms with Gasteiger partial charge in [0.15, 0.2) is 5.12 Å². The van der Waals surface area contributed by atoms with Crippen LogP contribution in [0.3, 0.4) is 0 Å². The van der Waals surface area contributed by atoms with E-state index >= 15 is 0 Å². The van der Waals surface area contributed by atoms with Crippen molar-refractivity contribution in [1.82, 2.24) is 4.90 Å². The van der Waals surface area contributed by atoms with Gasteiger partial charge in [-0.05, 0) is 36.3 Å². The summed E-state index contributed by atoms with van der Waals surface area (Å²) in [5, 5.41) is 0.143. The number of hydrogen-bond donors (Lipinski definition) is 0. The SMILES string of the molecule is CC(=O)SCC1CC(=O)N([C@H]2CCCc3ccccc32)C1. The number of carbonyl (C=O) groups excluding carboxylic acids is 2. The number of aryl methyl sites for hydroxylation is 1. The summed E-state index contributed by atoms with van der Waals surface area (Å²) in [7, 11) is 0. The maximum absolute atomic E-state index is 12.4. The molecule has 1 aromatic rings. The molecule has 0 aromatic heterocycles. The van der Waals surface area contributed by atoms with Crippen LogP contribution in [0.4, 0.5) is 0 Å². The van der Waals surface area contributed by atoms with Gasteiger partial charge in [-0.3, -0.25) is 9.59 Å². The molecule has 3 nitrogen and oxygen atoms in total. The van der Waals surface area contributed by atoms with Crippen molar-refractivity contribution in [1.29, 1.82) is 0 Å². The average Bonchev–Trinajstić information content (AvgIpc) is 2.85. The summed E-state index contributed by atoms with van der Waals surface area (Å²) in [5.41, 5.74) is 2.72. The lowest BCUT2D eigenvalue weighted by Crippen LogP contribution is -2.32. The third kappa shape index (κ3) is 3.15. The van der Waals surface area contributed by atoms with Crippen LogP contribution in [-0.2, 0) is 16.0 Å². The van der Waals surface area contributed by atoms with Gasteiger partial charge in [-0.1, -0.05) is 36.0 Å². The molecule has 1 saturated heterocycles. The Morgan fingerprint density at radius 3 is 3.00 bits per heavy atom. The smallest absolute Gasteiger partial charge is 0.223 e. The van der Waals surface area contributed by atoms with Crippen LogP contribution >= 0.6 is 11.8 Å². The summed E-state index contributed by atoms with van der Waals surface area (Å²) in [6.07, 6.45) is 3.94. The number of benzene rings is 1. The van der Waals surface area contributed by atoms with Crippen molar-refractivity contribution >= 4 is 22.8 Å². The largest absolute Gasteiger partial charge is 0.335 e. The summed E-state index contributed by atoms with van der Waals surface area (Å²) >= 11 is 1.35. The van der Waals surface area contributed by atoms with Gasteiger partial charge in [-0.15, -0.1) is 0 Å². The van der Waals surface area contributed by atoms with Gasteiger partial charge in [0.05, 0.1) is 6.04 Å². The lowest BCUT2D eigenvalue weighted by molar-refractivity contribution is -0.130. The fourth-order valence-electron chi connectivity index (χ4n) is 3.51. The number of rotatable bonds is 3. The second-order valence-electron chi connectivity index (χ2n) is 6.03. The maximum Gasteiger partial charge on any atom is 0.223 e. The highest BCUT2D eigenvalue weighted by Crippen LogP contribution is 2.38. The highest BCUT2D eigenvalue weighted by molar-refractivity contribution is 8.13. The first-order valence-electron chi connectivity index (χ1n) is 7.66. The Bertz CT molecular complexity index is 557. The Hall–Kier alpha value is -1.29. The minimum Gasteiger partial charge on any atom is -0.335 e. The number of amides is 1. The van der Waals surface area contributed by atoms with Gasteiger partial charge < -0.3 is 4.90 Å². The highest BCUT2D eigenvalue weighted by Gasteiger charge is 2.36. The number of carbonyl (C=O) groups is 2. The van der Waals surface area contributed by atoms with Crippen LogP contribution in [0.15, 0.2) is 24.3 Å². The predicted octanol–water partition coefficient (Wildman–Crippen LogP) is 3.19. The Kier molecular flexibility index (Phi) is 4.34. The number of likely N-dealkylation sites (tertiary alicyclic amines) is 1. The molecule has 1 heterocycles. The second kappa shape index (κ2) is 6.22. The number of nitrogens with zero attached hydrogens (tertiary/aromatic N) is 1. The molecule has 1 aliphatic carbocycles. The molecule has 0 saturated carbocycles. The van der Waals surface area contributed by atoms with Crippen molar-refractivity contribution in [3.8, 4) is 0 Å². The van der Waals surface area contributed by atoms with E-state index in [9.17, 15) is 9.59 Å². The Morgan fingerprint density at radius 1 is 1.38 bits per heavy atom. The third-order valence-corrected chi connectivity index (χ3v) is 5.52. The lowest BCUT2D eigenvalue weighted by Gasteiger charge is -2.33. The van der Waals surface area contributed by atoms with Crippen LogP contribution < -0.4 is 0 Å². The van der Waals surface area contributed by atoms with Gasteiger partial charge in [0.1, 0.15) is 0 Å². The maximum atomic E-state index is 12.4. The molecule has 2 aliphatic rings. The average molecular weight is 303 g/mol. The molecule has 21 heavy (non-hydrogen) atoms. The van der Waals surface area contributed by atoms with Crippen LogP contribution in [0.2, 0.25) is 0 Å². The number of fused-ring (bicyclic) bond motifs is 1. The Labute approximate surface area is 130 Å². The van der Waals surface area contributed by atoms with Crippen LogP contribution in [0.1, 0.15) is 43.4 Å². The zero-order valence-electron chi connectivity index (χ0n) is 12.4. The first kappa shape index (κ1) is 14.6. The molecule has 4 heteroatoms. The van der Waals surface area contributed by atoms with E-state index in [0.29, 0.717) is 12.3 Å². The fourth-order valence-corrected chi connectivity index (χ4v) is 4.20. The molecule has 0 radical (unpaired) electrons. The fraction of sp³-hybridized carbons (Fsp3) is 0.529. The molecule has 0 bridgehead atoms. The monoisotopic (exact) mass is 303 g/mol. The molecule has 1 aliphatic heterocycles. The van der Waals surface area contributed by atoms with E-state index < -0.39 is 0 Å². The molecule has 1 amide bonds. The molecule has 1 unspecified atom stereocenters. The first-order chi connectivity index (χ1) is 10.1. The van der Waals surface area contributed by atoms with Gasteiger partial charge in [-0.2, -0.15) is 0 Å². The van der Waals surface area contributed by atoms with Crippen LogP contribution in [0.5, 0.6) is 0 Å². The summed E-state index contributed by atoms with van der Waals surface area (Å²) in [6.45, 7) is 2.40. The third-order valence-electron chi connectivity index (χ3n) is 4.47. The van der Waals surface area contributed by atoms with Crippen molar-refractivity contribution < 1.29 is 9.59 Å². The van der Waals surface area contributed by atoms with E-state index in [1.165, 1.54) is 22.9 Å². The van der Waals surface area contributed by atoms with Crippen LogP contribution in [-0.4, -0.2) is 28.2 Å². The van der Waals surface area contributed by atoms with Gasteiger partial charge in [0.2, 0.25) is 5.91 Å². The molecular weight excluding hydrogens is 282 g/mol. The van der Waals surface area contributed by atoms with Crippen LogP contribution in [0, 0.1) is 5.92 Å².